The number of aliphatic hydroxyl groups excluding tert-OH is 1. The van der Waals surface area contributed by atoms with Gasteiger partial charge in [-0.15, -0.1) is 10.2 Å². The zero-order valence-corrected chi connectivity index (χ0v) is 22.0. The van der Waals surface area contributed by atoms with Crippen LogP contribution in [0.1, 0.15) is 21.9 Å². The summed E-state index contributed by atoms with van der Waals surface area (Å²) in [5.74, 6) is -1.15. The number of benzene rings is 1. The van der Waals surface area contributed by atoms with E-state index in [1.54, 1.807) is 12.1 Å². The molecule has 42 heavy (non-hydrogen) atoms. The number of aliphatic hydroxyl groups is 1. The lowest BCUT2D eigenvalue weighted by Gasteiger charge is -2.15. The molecule has 1 N–H and O–H groups in total. The fourth-order valence-electron chi connectivity index (χ4n) is 4.01. The predicted octanol–water partition coefficient (Wildman–Crippen LogP) is 3.27. The van der Waals surface area contributed by atoms with E-state index in [9.17, 15) is 32.3 Å². The Morgan fingerprint density at radius 3 is 2.55 bits per heavy atom. The van der Waals surface area contributed by atoms with Gasteiger partial charge in [-0.1, -0.05) is 11.6 Å². The summed E-state index contributed by atoms with van der Waals surface area (Å²) in [6, 6.07) is 10.2. The fraction of sp³-hybridized carbons (Fsp3) is 0.192. The van der Waals surface area contributed by atoms with Crippen LogP contribution in [-0.2, 0) is 19.5 Å². The van der Waals surface area contributed by atoms with Gasteiger partial charge in [0.05, 0.1) is 30.5 Å². The monoisotopic (exact) mass is 602 g/mol. The molecule has 4 heterocycles. The van der Waals surface area contributed by atoms with Crippen molar-refractivity contribution in [1.29, 1.82) is 0 Å². The number of rotatable bonds is 9. The van der Waals surface area contributed by atoms with Crippen molar-refractivity contribution in [2.45, 2.75) is 31.8 Å². The highest BCUT2D eigenvalue weighted by Crippen LogP contribution is 2.24. The zero-order chi connectivity index (χ0) is 30.0. The van der Waals surface area contributed by atoms with Gasteiger partial charge in [0.2, 0.25) is 0 Å². The number of nitrogens with zero attached hydrogens (tertiary/aromatic N) is 8. The first-order chi connectivity index (χ1) is 20.0. The molecule has 0 aliphatic rings. The smallest absolute Gasteiger partial charge is 0.382 e. The summed E-state index contributed by atoms with van der Waals surface area (Å²) in [5.41, 5.74) is 0.100. The van der Waals surface area contributed by atoms with E-state index in [1.807, 2.05) is 0 Å². The normalized spacial score (nSPS) is 12.4. The maximum Gasteiger partial charge on any atom is 0.416 e. The highest BCUT2D eigenvalue weighted by Gasteiger charge is 2.39. The predicted molar refractivity (Wildman–Crippen MR) is 139 cm³/mol. The second kappa shape index (κ2) is 11.6. The number of carbonyl (C=O) groups is 1. The maximum atomic E-state index is 13.5. The Labute approximate surface area is 238 Å². The third-order valence-corrected chi connectivity index (χ3v) is 6.31. The molecular weight excluding hydrogens is 584 g/mol. The molecule has 0 radical (unpaired) electrons. The molecule has 5 aromatic rings. The van der Waals surface area contributed by atoms with Gasteiger partial charge < -0.3 is 5.11 Å². The van der Waals surface area contributed by atoms with E-state index in [0.717, 1.165) is 16.9 Å². The number of alkyl halides is 3. The summed E-state index contributed by atoms with van der Waals surface area (Å²) < 4.78 is 55.8. The van der Waals surface area contributed by atoms with Crippen molar-refractivity contribution in [3.8, 4) is 17.1 Å². The minimum Gasteiger partial charge on any atom is -0.382 e. The molecule has 0 aliphatic heterocycles. The summed E-state index contributed by atoms with van der Waals surface area (Å²) in [6.45, 7) is -1.42. The molecule has 0 aliphatic carbocycles. The average molecular weight is 603 g/mol. The molecule has 5 rings (SSSR count). The SMILES string of the molecule is O=C(Cc1ncccc1-n1cnc(Cn2nc(-c3ccc(Cl)cc3)n(C[C@H](O)C(F)(F)F)c2=O)n1)c1cncc(F)c1. The maximum absolute atomic E-state index is 13.5. The van der Waals surface area contributed by atoms with Crippen LogP contribution in [0.5, 0.6) is 0 Å². The number of ketones is 1. The second-order valence-electron chi connectivity index (χ2n) is 9.01. The van der Waals surface area contributed by atoms with Gasteiger partial charge in [0.25, 0.3) is 0 Å². The van der Waals surface area contributed by atoms with E-state index in [2.05, 4.69) is 25.1 Å². The number of halogens is 5. The van der Waals surface area contributed by atoms with Crippen LogP contribution in [0.2, 0.25) is 5.02 Å². The van der Waals surface area contributed by atoms with Crippen molar-refractivity contribution < 1.29 is 27.5 Å². The van der Waals surface area contributed by atoms with Crippen LogP contribution in [0.15, 0.2) is 72.2 Å². The molecule has 216 valence electrons. The van der Waals surface area contributed by atoms with Crippen LogP contribution in [0, 0.1) is 5.82 Å². The molecule has 1 atom stereocenters. The summed E-state index contributed by atoms with van der Waals surface area (Å²) >= 11 is 5.91. The lowest BCUT2D eigenvalue weighted by atomic mass is 10.1. The highest BCUT2D eigenvalue weighted by atomic mass is 35.5. The Hall–Kier alpha value is -4.76. The second-order valence-corrected chi connectivity index (χ2v) is 9.44. The van der Waals surface area contributed by atoms with Crippen LogP contribution in [-0.4, -0.2) is 62.3 Å². The van der Waals surface area contributed by atoms with Crippen molar-refractivity contribution in [3.63, 3.8) is 0 Å². The number of aromatic nitrogens is 8. The van der Waals surface area contributed by atoms with Crippen LogP contribution in [0.4, 0.5) is 17.6 Å². The van der Waals surface area contributed by atoms with E-state index in [0.29, 0.717) is 26.5 Å². The number of hydrogen-bond donors (Lipinski definition) is 1. The molecule has 11 nitrogen and oxygen atoms in total. The van der Waals surface area contributed by atoms with Gasteiger partial charge in [-0.3, -0.25) is 19.3 Å². The Kier molecular flexibility index (Phi) is 7.95. The molecule has 0 saturated heterocycles. The highest BCUT2D eigenvalue weighted by molar-refractivity contribution is 6.30. The van der Waals surface area contributed by atoms with Gasteiger partial charge in [-0.2, -0.15) is 13.2 Å². The summed E-state index contributed by atoms with van der Waals surface area (Å²) in [7, 11) is 0. The molecule has 4 aromatic heterocycles. The zero-order valence-electron chi connectivity index (χ0n) is 21.3. The average Bonchev–Trinajstić information content (AvgIpc) is 3.54. The third kappa shape index (κ3) is 6.26. The lowest BCUT2D eigenvalue weighted by Crippen LogP contribution is -2.37. The Bertz CT molecular complexity index is 1800. The molecule has 0 amide bonds. The van der Waals surface area contributed by atoms with Crippen LogP contribution in [0.25, 0.3) is 17.1 Å². The van der Waals surface area contributed by atoms with Gasteiger partial charge >= 0.3 is 11.9 Å². The van der Waals surface area contributed by atoms with Crippen molar-refractivity contribution in [1.82, 2.24) is 39.1 Å². The first kappa shape index (κ1) is 28.8. The van der Waals surface area contributed by atoms with Gasteiger partial charge in [0.1, 0.15) is 18.7 Å². The minimum atomic E-state index is -4.97. The fourth-order valence-corrected chi connectivity index (χ4v) is 4.14. The quantitative estimate of drug-likeness (QED) is 0.201. The number of carbonyl (C=O) groups excluding carboxylic acids is 1. The Morgan fingerprint density at radius 2 is 1.83 bits per heavy atom. The topological polar surface area (TPSA) is 134 Å². The van der Waals surface area contributed by atoms with Gasteiger partial charge in [0.15, 0.2) is 23.5 Å². The van der Waals surface area contributed by atoms with Gasteiger partial charge in [-0.25, -0.2) is 23.5 Å². The molecule has 0 fully saturated rings. The van der Waals surface area contributed by atoms with Gasteiger partial charge in [-0.05, 0) is 42.5 Å². The molecule has 0 saturated carbocycles. The minimum absolute atomic E-state index is 0.0629. The van der Waals surface area contributed by atoms with Crippen molar-refractivity contribution in [3.05, 3.63) is 106 Å². The largest absolute Gasteiger partial charge is 0.416 e. The molecule has 0 unspecified atom stereocenters. The van der Waals surface area contributed by atoms with E-state index in [-0.39, 0.29) is 30.2 Å². The molecule has 1 aromatic carbocycles. The van der Waals surface area contributed by atoms with Crippen molar-refractivity contribution >= 4 is 17.4 Å². The lowest BCUT2D eigenvalue weighted by molar-refractivity contribution is -0.207. The summed E-state index contributed by atoms with van der Waals surface area (Å²) in [6.07, 6.45) is -2.99. The summed E-state index contributed by atoms with van der Waals surface area (Å²) in [4.78, 5) is 37.9. The van der Waals surface area contributed by atoms with Crippen molar-refractivity contribution in [2.24, 2.45) is 0 Å². The molecule has 16 heteroatoms. The number of hydrogen-bond acceptors (Lipinski definition) is 8. The molecule has 0 spiro atoms. The van der Waals surface area contributed by atoms with E-state index in [4.69, 9.17) is 11.6 Å². The standard InChI is InChI=1S/C26H19ClF4N8O3/c27-17-5-3-15(4-6-17)24-36-38(25(42)37(24)12-22(41)26(29,30)31)13-23-34-14-39(35-23)20-2-1-7-33-19(20)9-21(40)16-8-18(28)11-32-10-16/h1-8,10-11,14,22,41H,9,12-13H2/t22-/m0/s1. The van der Waals surface area contributed by atoms with E-state index in [1.165, 1.54) is 47.7 Å². The Balaban J connectivity index is 1.43. The summed E-state index contributed by atoms with van der Waals surface area (Å²) in [5, 5.41) is 18.5. The van der Waals surface area contributed by atoms with E-state index < -0.39 is 36.1 Å². The van der Waals surface area contributed by atoms with Gasteiger partial charge in [0, 0.05) is 28.5 Å². The first-order valence-electron chi connectivity index (χ1n) is 12.2. The Morgan fingerprint density at radius 1 is 1.07 bits per heavy atom. The number of Topliss-reactive ketones (excluding diaryl/α,β-unsaturated/α-hetero) is 1. The van der Waals surface area contributed by atoms with E-state index >= 15 is 0 Å². The molecular formula is C26H19ClF4N8O3. The van der Waals surface area contributed by atoms with Crippen molar-refractivity contribution in [2.75, 3.05) is 0 Å². The molecule has 0 bridgehead atoms. The first-order valence-corrected chi connectivity index (χ1v) is 12.5. The van der Waals surface area contributed by atoms with Crippen LogP contribution >= 0.6 is 11.6 Å². The van der Waals surface area contributed by atoms with Crippen LogP contribution in [0.3, 0.4) is 0 Å². The van der Waals surface area contributed by atoms with Crippen LogP contribution < -0.4 is 5.69 Å². The number of pyridine rings is 2. The third-order valence-electron chi connectivity index (χ3n) is 6.06.